The van der Waals surface area contributed by atoms with E-state index in [-0.39, 0.29) is 0 Å². The van der Waals surface area contributed by atoms with Gasteiger partial charge in [0, 0.05) is 38.9 Å². The van der Waals surface area contributed by atoms with Crippen molar-refractivity contribution in [1.29, 1.82) is 0 Å². The van der Waals surface area contributed by atoms with Crippen LogP contribution in [0.25, 0.3) is 0 Å². The van der Waals surface area contributed by atoms with Gasteiger partial charge in [-0.2, -0.15) is 0 Å². The zero-order chi connectivity index (χ0) is 10.2. The fourth-order valence-electron chi connectivity index (χ4n) is 1.32. The van der Waals surface area contributed by atoms with Crippen LogP contribution in [0.3, 0.4) is 0 Å². The molecule has 1 N–H and O–H groups in total. The molecule has 4 heteroatoms. The molecule has 1 fully saturated rings. The van der Waals surface area contributed by atoms with Crippen LogP contribution in [0.15, 0.2) is 5.16 Å². The maximum atomic E-state index is 5.15. The first-order valence-corrected chi connectivity index (χ1v) is 5.37. The van der Waals surface area contributed by atoms with Gasteiger partial charge in [-0.15, -0.1) is 0 Å². The molecule has 0 aromatic carbocycles. The predicted molar refractivity (Wildman–Crippen MR) is 58.6 cm³/mol. The monoisotopic (exact) mass is 199 g/mol. The van der Waals surface area contributed by atoms with E-state index in [4.69, 9.17) is 4.84 Å². The van der Waals surface area contributed by atoms with Crippen LogP contribution in [0.2, 0.25) is 0 Å². The van der Waals surface area contributed by atoms with Gasteiger partial charge < -0.3 is 10.2 Å². The van der Waals surface area contributed by atoms with Crippen LogP contribution in [0.5, 0.6) is 0 Å². The van der Waals surface area contributed by atoms with Crippen LogP contribution < -0.4 is 5.32 Å². The van der Waals surface area contributed by atoms with Gasteiger partial charge >= 0.3 is 0 Å². The first-order chi connectivity index (χ1) is 6.79. The second-order valence-electron chi connectivity index (χ2n) is 3.92. The van der Waals surface area contributed by atoms with Gasteiger partial charge in [-0.05, 0) is 5.92 Å². The summed E-state index contributed by atoms with van der Waals surface area (Å²) in [4.78, 5) is 7.54. The van der Waals surface area contributed by atoms with Crippen LogP contribution in [0, 0.1) is 5.92 Å². The van der Waals surface area contributed by atoms with Gasteiger partial charge in [0.25, 0.3) is 0 Å². The molecule has 1 rings (SSSR count). The predicted octanol–water partition coefficient (Wildman–Crippen LogP) is 0.550. The first kappa shape index (κ1) is 11.5. The van der Waals surface area contributed by atoms with Gasteiger partial charge in [0.2, 0.25) is 0 Å². The molecule has 0 bridgehead atoms. The molecule has 82 valence electrons. The molecular weight excluding hydrogens is 178 g/mol. The minimum atomic E-state index is 0.467. The lowest BCUT2D eigenvalue weighted by Crippen LogP contribution is -2.44. The molecular formula is C10H21N3O. The van der Waals surface area contributed by atoms with E-state index in [0.29, 0.717) is 12.5 Å². The first-order valence-electron chi connectivity index (χ1n) is 5.37. The van der Waals surface area contributed by atoms with Crippen molar-refractivity contribution in [3.8, 4) is 0 Å². The third-order valence-corrected chi connectivity index (χ3v) is 2.14. The maximum Gasteiger partial charge on any atom is 0.129 e. The highest BCUT2D eigenvalue weighted by Gasteiger charge is 2.08. The van der Waals surface area contributed by atoms with Crippen LogP contribution in [0.1, 0.15) is 13.8 Å². The van der Waals surface area contributed by atoms with Crippen molar-refractivity contribution in [2.45, 2.75) is 13.8 Å². The smallest absolute Gasteiger partial charge is 0.129 e. The Morgan fingerprint density at radius 3 is 2.79 bits per heavy atom. The summed E-state index contributed by atoms with van der Waals surface area (Å²) in [5.41, 5.74) is 0. The molecule has 1 aliphatic heterocycles. The second kappa shape index (κ2) is 6.79. The van der Waals surface area contributed by atoms with Gasteiger partial charge in [0.05, 0.1) is 0 Å². The van der Waals surface area contributed by atoms with E-state index >= 15 is 0 Å². The normalized spacial score (nSPS) is 19.4. The number of nitrogens with one attached hydrogen (secondary N) is 1. The summed E-state index contributed by atoms with van der Waals surface area (Å²) in [6.07, 6.45) is 1.83. The van der Waals surface area contributed by atoms with Crippen molar-refractivity contribution in [3.05, 3.63) is 0 Å². The Labute approximate surface area is 86.3 Å². The van der Waals surface area contributed by atoms with Crippen molar-refractivity contribution in [3.63, 3.8) is 0 Å². The Bertz CT molecular complexity index is 165. The summed E-state index contributed by atoms with van der Waals surface area (Å²) in [5.74, 6) is 0.467. The average Bonchev–Trinajstić information content (AvgIpc) is 2.18. The van der Waals surface area contributed by atoms with Gasteiger partial charge in [-0.3, -0.25) is 4.90 Å². The highest BCUT2D eigenvalue weighted by molar-refractivity contribution is 5.58. The zero-order valence-electron chi connectivity index (χ0n) is 9.20. The van der Waals surface area contributed by atoms with Gasteiger partial charge in [-0.1, -0.05) is 19.0 Å². The molecule has 1 saturated heterocycles. The Hall–Kier alpha value is -0.610. The van der Waals surface area contributed by atoms with E-state index in [9.17, 15) is 0 Å². The molecule has 0 saturated carbocycles. The summed E-state index contributed by atoms with van der Waals surface area (Å²) < 4.78 is 0. The van der Waals surface area contributed by atoms with Crippen LogP contribution in [-0.2, 0) is 4.84 Å². The number of nitrogens with zero attached hydrogens (tertiary/aromatic N) is 2. The van der Waals surface area contributed by atoms with E-state index < -0.39 is 0 Å². The van der Waals surface area contributed by atoms with E-state index in [1.807, 2.05) is 6.21 Å². The fraction of sp³-hybridized carbons (Fsp3) is 0.900. The minimum absolute atomic E-state index is 0.467. The lowest BCUT2D eigenvalue weighted by atomic mass is 10.3. The largest absolute Gasteiger partial charge is 0.395 e. The lowest BCUT2D eigenvalue weighted by Gasteiger charge is -2.26. The summed E-state index contributed by atoms with van der Waals surface area (Å²) in [6, 6.07) is 0. The zero-order valence-corrected chi connectivity index (χ0v) is 9.20. The third-order valence-electron chi connectivity index (χ3n) is 2.14. The average molecular weight is 199 g/mol. The summed E-state index contributed by atoms with van der Waals surface area (Å²) in [5, 5.41) is 7.21. The lowest BCUT2D eigenvalue weighted by molar-refractivity contribution is 0.105. The molecule has 1 heterocycles. The molecule has 0 atom stereocenters. The highest BCUT2D eigenvalue weighted by atomic mass is 16.6. The van der Waals surface area contributed by atoms with E-state index in [1.54, 1.807) is 0 Å². The minimum Gasteiger partial charge on any atom is -0.395 e. The number of rotatable bonds is 5. The quantitative estimate of drug-likeness (QED) is 0.399. The maximum absolute atomic E-state index is 5.15. The van der Waals surface area contributed by atoms with Crippen molar-refractivity contribution in [2.75, 3.05) is 39.3 Å². The molecule has 1 aliphatic rings. The molecule has 0 amide bonds. The molecule has 0 aromatic heterocycles. The van der Waals surface area contributed by atoms with E-state index in [1.165, 1.54) is 0 Å². The van der Waals surface area contributed by atoms with E-state index in [0.717, 1.165) is 32.7 Å². The second-order valence-corrected chi connectivity index (χ2v) is 3.92. The molecule has 0 aliphatic carbocycles. The summed E-state index contributed by atoms with van der Waals surface area (Å²) in [6.45, 7) is 10.3. The van der Waals surface area contributed by atoms with Crippen LogP contribution in [-0.4, -0.2) is 50.4 Å². The Balaban J connectivity index is 1.97. The van der Waals surface area contributed by atoms with Gasteiger partial charge in [0.15, 0.2) is 0 Å². The summed E-state index contributed by atoms with van der Waals surface area (Å²) >= 11 is 0. The topological polar surface area (TPSA) is 36.9 Å². The number of hydrogen-bond acceptors (Lipinski definition) is 4. The van der Waals surface area contributed by atoms with E-state index in [2.05, 4.69) is 29.2 Å². The van der Waals surface area contributed by atoms with Gasteiger partial charge in [-0.25, -0.2) is 0 Å². The molecule has 14 heavy (non-hydrogen) atoms. The molecule has 0 spiro atoms. The highest BCUT2D eigenvalue weighted by Crippen LogP contribution is 1.92. The van der Waals surface area contributed by atoms with Crippen molar-refractivity contribution in [1.82, 2.24) is 10.2 Å². The van der Waals surface area contributed by atoms with Crippen molar-refractivity contribution in [2.24, 2.45) is 11.1 Å². The SMILES string of the molecule is CC(C)/C=N/OCCN1CCNCC1. The van der Waals surface area contributed by atoms with Crippen molar-refractivity contribution >= 4 is 6.21 Å². The standard InChI is InChI=1S/C10H21N3O/c1-10(2)9-12-14-8-7-13-5-3-11-4-6-13/h9-11H,3-8H2,1-2H3/b12-9+. The molecule has 4 nitrogen and oxygen atoms in total. The van der Waals surface area contributed by atoms with Crippen LogP contribution in [0.4, 0.5) is 0 Å². The number of oxime groups is 1. The number of piperazine rings is 1. The molecule has 0 radical (unpaired) electrons. The van der Waals surface area contributed by atoms with Crippen LogP contribution >= 0.6 is 0 Å². The van der Waals surface area contributed by atoms with Crippen molar-refractivity contribution < 1.29 is 4.84 Å². The Morgan fingerprint density at radius 1 is 1.43 bits per heavy atom. The molecule has 0 aromatic rings. The van der Waals surface area contributed by atoms with Gasteiger partial charge in [0.1, 0.15) is 6.61 Å². The Morgan fingerprint density at radius 2 is 2.14 bits per heavy atom. The third kappa shape index (κ3) is 5.19. The molecule has 0 unspecified atom stereocenters. The fourth-order valence-corrected chi connectivity index (χ4v) is 1.32. The summed E-state index contributed by atoms with van der Waals surface area (Å²) in [7, 11) is 0. The number of hydrogen-bond donors (Lipinski definition) is 1. The Kier molecular flexibility index (Phi) is 5.56.